The van der Waals surface area contributed by atoms with Crippen molar-refractivity contribution in [2.75, 3.05) is 0 Å². The molecule has 0 atom stereocenters. The summed E-state index contributed by atoms with van der Waals surface area (Å²) in [5.41, 5.74) is -5.65. The first-order valence-corrected chi connectivity index (χ1v) is 4.48. The van der Waals surface area contributed by atoms with Gasteiger partial charge in [-0.05, 0) is 6.07 Å². The lowest BCUT2D eigenvalue weighted by molar-refractivity contribution is -0.0517. The zero-order valence-electron chi connectivity index (χ0n) is 6.56. The van der Waals surface area contributed by atoms with Crippen molar-refractivity contribution in [1.82, 2.24) is 0 Å². The summed E-state index contributed by atoms with van der Waals surface area (Å²) in [6.45, 7) is 0. The van der Waals surface area contributed by atoms with Crippen molar-refractivity contribution in [3.63, 3.8) is 0 Å². The van der Waals surface area contributed by atoms with Gasteiger partial charge in [0, 0.05) is 12.1 Å². The standard InChI is InChI=1S/C5H5O.CHF3O3S/c1-2-4-6-5-3-1;2-1(3,4)8(5,6)7/h1-5H;(H,5,6,7)/q+1;/p-1. The van der Waals surface area contributed by atoms with Gasteiger partial charge < -0.3 is 4.55 Å². The molecule has 0 aliphatic rings. The fourth-order valence-electron chi connectivity index (χ4n) is 0.291. The van der Waals surface area contributed by atoms with E-state index in [0.29, 0.717) is 0 Å². The van der Waals surface area contributed by atoms with Crippen molar-refractivity contribution in [2.24, 2.45) is 0 Å². The first-order valence-electron chi connectivity index (χ1n) is 3.08. The van der Waals surface area contributed by atoms with E-state index in [-0.39, 0.29) is 0 Å². The average Bonchev–Trinajstić information content (AvgIpc) is 2.05. The van der Waals surface area contributed by atoms with Gasteiger partial charge in [-0.3, -0.25) is 0 Å². The molecule has 8 heteroatoms. The summed E-state index contributed by atoms with van der Waals surface area (Å²) in [6, 6.07) is 5.57. The van der Waals surface area contributed by atoms with Gasteiger partial charge in [0.2, 0.25) is 0 Å². The van der Waals surface area contributed by atoms with Gasteiger partial charge in [0.25, 0.3) is 0 Å². The van der Waals surface area contributed by atoms with Crippen molar-refractivity contribution in [3.8, 4) is 0 Å². The van der Waals surface area contributed by atoms with Crippen LogP contribution in [0.1, 0.15) is 0 Å². The molecule has 1 rings (SSSR count). The lowest BCUT2D eigenvalue weighted by atomic mass is 10.6. The largest absolute Gasteiger partial charge is 0.741 e. The van der Waals surface area contributed by atoms with Crippen molar-refractivity contribution in [1.29, 1.82) is 0 Å². The molecular weight excluding hydrogens is 225 g/mol. The zero-order chi connectivity index (χ0) is 11.2. The van der Waals surface area contributed by atoms with E-state index in [0.717, 1.165) is 0 Å². The van der Waals surface area contributed by atoms with Crippen molar-refractivity contribution in [3.05, 3.63) is 30.7 Å². The van der Waals surface area contributed by atoms with E-state index >= 15 is 0 Å². The molecule has 0 bridgehead atoms. The molecule has 0 spiro atoms. The Labute approximate surface area is 77.7 Å². The average molecular weight is 230 g/mol. The first-order chi connectivity index (χ1) is 6.25. The van der Waals surface area contributed by atoms with Gasteiger partial charge in [-0.2, -0.15) is 13.2 Å². The lowest BCUT2D eigenvalue weighted by Crippen LogP contribution is -2.21. The molecule has 1 heterocycles. The van der Waals surface area contributed by atoms with Gasteiger partial charge in [0.15, 0.2) is 10.1 Å². The van der Waals surface area contributed by atoms with Crippen molar-refractivity contribution < 1.29 is 30.6 Å². The van der Waals surface area contributed by atoms with Gasteiger partial charge in [-0.15, -0.1) is 0 Å². The van der Waals surface area contributed by atoms with Crippen LogP contribution in [0.2, 0.25) is 0 Å². The van der Waals surface area contributed by atoms with E-state index in [1.807, 2.05) is 18.2 Å². The summed E-state index contributed by atoms with van der Waals surface area (Å²) in [6.07, 6.45) is 3.25. The number of halogens is 3. The second-order valence-electron chi connectivity index (χ2n) is 1.89. The molecule has 0 radical (unpaired) electrons. The first kappa shape index (κ1) is 12.8. The number of hydrogen-bond acceptors (Lipinski definition) is 3. The highest BCUT2D eigenvalue weighted by Gasteiger charge is 2.36. The van der Waals surface area contributed by atoms with E-state index in [2.05, 4.69) is 4.42 Å². The van der Waals surface area contributed by atoms with E-state index in [4.69, 9.17) is 13.0 Å². The summed E-state index contributed by atoms with van der Waals surface area (Å²) in [5, 5.41) is 0. The highest BCUT2D eigenvalue weighted by Crippen LogP contribution is 2.20. The molecule has 0 saturated carbocycles. The molecule has 0 aromatic carbocycles. The van der Waals surface area contributed by atoms with Crippen molar-refractivity contribution >= 4 is 10.1 Å². The van der Waals surface area contributed by atoms with Crippen LogP contribution in [-0.4, -0.2) is 18.5 Å². The quantitative estimate of drug-likeness (QED) is 0.385. The minimum Gasteiger partial charge on any atom is -0.741 e. The molecule has 80 valence electrons. The maximum atomic E-state index is 10.7. The van der Waals surface area contributed by atoms with Crippen LogP contribution >= 0.6 is 0 Å². The normalized spacial score (nSPS) is 11.4. The van der Waals surface area contributed by atoms with Crippen LogP contribution in [0, 0.1) is 0 Å². The number of alkyl halides is 3. The predicted octanol–water partition coefficient (Wildman–Crippen LogP) is 1.61. The molecule has 0 saturated heterocycles. The second-order valence-corrected chi connectivity index (χ2v) is 3.26. The second kappa shape index (κ2) is 4.91. The minimum atomic E-state index is -6.09. The minimum absolute atomic E-state index is 1.62. The molecule has 0 amide bonds. The van der Waals surface area contributed by atoms with Crippen LogP contribution in [0.3, 0.4) is 0 Å². The van der Waals surface area contributed by atoms with E-state index in [1.165, 1.54) is 0 Å². The molecule has 14 heavy (non-hydrogen) atoms. The van der Waals surface area contributed by atoms with Crippen LogP contribution in [-0.2, 0) is 10.1 Å². The van der Waals surface area contributed by atoms with Crippen molar-refractivity contribution in [2.45, 2.75) is 5.51 Å². The van der Waals surface area contributed by atoms with Crippen LogP contribution in [0.25, 0.3) is 0 Å². The Morgan fingerprint density at radius 2 is 1.43 bits per heavy atom. The third-order valence-electron chi connectivity index (χ3n) is 0.820. The molecule has 4 nitrogen and oxygen atoms in total. The van der Waals surface area contributed by atoms with Gasteiger partial charge in [0.1, 0.15) is 0 Å². The maximum absolute atomic E-state index is 10.7. The van der Waals surface area contributed by atoms with E-state index < -0.39 is 15.6 Å². The molecule has 0 unspecified atom stereocenters. The Kier molecular flexibility index (Phi) is 4.51. The molecular formula is C6H5F3O4S. The van der Waals surface area contributed by atoms with Gasteiger partial charge in [-0.1, -0.05) is 0 Å². The summed E-state index contributed by atoms with van der Waals surface area (Å²) >= 11 is 0. The van der Waals surface area contributed by atoms with Crippen LogP contribution in [0.4, 0.5) is 13.2 Å². The Morgan fingerprint density at radius 1 is 1.07 bits per heavy atom. The van der Waals surface area contributed by atoms with Gasteiger partial charge in [-0.25, -0.2) is 12.8 Å². The zero-order valence-corrected chi connectivity index (χ0v) is 7.38. The Morgan fingerprint density at radius 3 is 1.50 bits per heavy atom. The predicted molar refractivity (Wildman–Crippen MR) is 38.9 cm³/mol. The third kappa shape index (κ3) is 5.49. The molecule has 0 fully saturated rings. The fraction of sp³-hybridized carbons (Fsp3) is 0.167. The summed E-state index contributed by atoms with van der Waals surface area (Å²) in [5.74, 6) is 0. The van der Waals surface area contributed by atoms with E-state index in [1.54, 1.807) is 12.5 Å². The van der Waals surface area contributed by atoms with Crippen LogP contribution in [0.5, 0.6) is 0 Å². The smallest absolute Gasteiger partial charge is 0.485 e. The lowest BCUT2D eigenvalue weighted by Gasteiger charge is -2.08. The maximum Gasteiger partial charge on any atom is 0.485 e. The van der Waals surface area contributed by atoms with Crippen LogP contribution in [0.15, 0.2) is 35.1 Å². The summed E-state index contributed by atoms with van der Waals surface area (Å²) < 4.78 is 63.6. The molecule has 1 aromatic heterocycles. The molecule has 0 N–H and O–H groups in total. The molecule has 0 aliphatic heterocycles. The summed E-state index contributed by atoms with van der Waals surface area (Å²) in [7, 11) is -6.09. The van der Waals surface area contributed by atoms with E-state index in [9.17, 15) is 13.2 Å². The Hall–Kier alpha value is -1.15. The highest BCUT2D eigenvalue weighted by molar-refractivity contribution is 7.86. The van der Waals surface area contributed by atoms with Gasteiger partial charge >= 0.3 is 18.0 Å². The Bertz CT molecular complexity index is 318. The van der Waals surface area contributed by atoms with Gasteiger partial charge in [0.05, 0.1) is 0 Å². The fourth-order valence-corrected chi connectivity index (χ4v) is 0.291. The van der Waals surface area contributed by atoms with Crippen LogP contribution < -0.4 is 0 Å². The monoisotopic (exact) mass is 230 g/mol. The summed E-state index contributed by atoms with van der Waals surface area (Å²) in [4.78, 5) is 0. The SMILES string of the molecule is O=S(=O)([O-])C(F)(F)F.c1cc[o+]cc1. The Balaban J connectivity index is 0.000000249. The number of hydrogen-bond donors (Lipinski definition) is 0. The molecule has 0 aliphatic carbocycles. The molecule has 1 aromatic rings. The topological polar surface area (TPSA) is 68.5 Å². The highest BCUT2D eigenvalue weighted by atomic mass is 32.2. The number of rotatable bonds is 0. The third-order valence-corrected chi connectivity index (χ3v) is 1.39.